The molecule has 0 spiro atoms. The van der Waals surface area contributed by atoms with Crippen LogP contribution in [0.1, 0.15) is 39.0 Å². The van der Waals surface area contributed by atoms with E-state index in [2.05, 4.69) is 17.1 Å². The quantitative estimate of drug-likeness (QED) is 0.825. The monoisotopic (exact) mass is 297 g/mol. The van der Waals surface area contributed by atoms with E-state index in [1.54, 1.807) is 4.90 Å². The zero-order valence-electron chi connectivity index (χ0n) is 13.3. The molecule has 1 heterocycles. The lowest BCUT2D eigenvalue weighted by Crippen LogP contribution is -2.59. The van der Waals surface area contributed by atoms with Crippen LogP contribution in [0.5, 0.6) is 0 Å². The average Bonchev–Trinajstić information content (AvgIpc) is 2.88. The summed E-state index contributed by atoms with van der Waals surface area (Å²) < 4.78 is 0. The third kappa shape index (κ3) is 3.48. The summed E-state index contributed by atoms with van der Waals surface area (Å²) in [7, 11) is 4.02. The molecule has 0 radical (unpaired) electrons. The maximum absolute atomic E-state index is 12.4. The minimum atomic E-state index is -1.08. The summed E-state index contributed by atoms with van der Waals surface area (Å²) in [6, 6.07) is 0.137. The predicted molar refractivity (Wildman–Crippen MR) is 80.2 cm³/mol. The summed E-state index contributed by atoms with van der Waals surface area (Å²) in [5.74, 6) is -0.561. The number of amides is 2. The molecule has 120 valence electrons. The fourth-order valence-electron chi connectivity index (χ4n) is 3.54. The van der Waals surface area contributed by atoms with Crippen LogP contribution >= 0.6 is 0 Å². The van der Waals surface area contributed by atoms with E-state index in [4.69, 9.17) is 0 Å². The van der Waals surface area contributed by atoms with E-state index in [1.165, 1.54) is 0 Å². The lowest BCUT2D eigenvalue weighted by molar-refractivity contribution is -0.146. The van der Waals surface area contributed by atoms with Crippen molar-refractivity contribution in [2.45, 2.75) is 50.6 Å². The Morgan fingerprint density at radius 2 is 2.05 bits per heavy atom. The van der Waals surface area contributed by atoms with Gasteiger partial charge in [0.25, 0.3) is 0 Å². The number of hydrogen-bond acceptors (Lipinski definition) is 3. The van der Waals surface area contributed by atoms with Crippen LogP contribution in [0, 0.1) is 5.92 Å². The molecule has 3 atom stereocenters. The Labute approximate surface area is 126 Å². The number of nitrogens with one attached hydrogen (secondary N) is 1. The van der Waals surface area contributed by atoms with E-state index in [0.717, 1.165) is 19.3 Å². The Bertz CT molecular complexity index is 413. The zero-order chi connectivity index (χ0) is 15.6. The van der Waals surface area contributed by atoms with E-state index < -0.39 is 11.5 Å². The van der Waals surface area contributed by atoms with Crippen LogP contribution < -0.4 is 5.32 Å². The lowest BCUT2D eigenvalue weighted by atomic mass is 9.76. The van der Waals surface area contributed by atoms with Gasteiger partial charge in [0.05, 0.1) is 0 Å². The first-order valence-electron chi connectivity index (χ1n) is 7.81. The number of carboxylic acids is 1. The third-order valence-electron chi connectivity index (χ3n) is 4.93. The normalized spacial score (nSPS) is 33.2. The molecule has 2 aliphatic rings. The average molecular weight is 297 g/mol. The van der Waals surface area contributed by atoms with Crippen molar-refractivity contribution < 1.29 is 14.7 Å². The number of carbonyl (C=O) groups is 2. The van der Waals surface area contributed by atoms with Crippen molar-refractivity contribution in [2.24, 2.45) is 5.92 Å². The Morgan fingerprint density at radius 3 is 2.57 bits per heavy atom. The molecule has 6 heteroatoms. The number of likely N-dealkylation sites (tertiary alicyclic amines) is 1. The molecule has 0 aromatic heterocycles. The molecule has 0 aromatic carbocycles. The second-order valence-corrected chi connectivity index (χ2v) is 6.87. The molecule has 2 amide bonds. The Balaban J connectivity index is 2.01. The Hall–Kier alpha value is -1.30. The largest absolute Gasteiger partial charge is 0.480 e. The van der Waals surface area contributed by atoms with Crippen molar-refractivity contribution in [2.75, 3.05) is 27.2 Å². The highest BCUT2D eigenvalue weighted by atomic mass is 16.4. The van der Waals surface area contributed by atoms with E-state index in [1.807, 2.05) is 14.1 Å². The number of rotatable bonds is 3. The topological polar surface area (TPSA) is 72.9 Å². The van der Waals surface area contributed by atoms with Crippen molar-refractivity contribution in [3.63, 3.8) is 0 Å². The molecule has 1 saturated heterocycles. The number of hydrogen-bond donors (Lipinski definition) is 2. The molecule has 0 aromatic rings. The molecular weight excluding hydrogens is 270 g/mol. The predicted octanol–water partition coefficient (Wildman–Crippen LogP) is 1.37. The van der Waals surface area contributed by atoms with Crippen LogP contribution in [0.2, 0.25) is 0 Å². The first-order valence-corrected chi connectivity index (χ1v) is 7.81. The van der Waals surface area contributed by atoms with E-state index in [0.29, 0.717) is 37.9 Å². The molecule has 2 fully saturated rings. The second kappa shape index (κ2) is 6.22. The number of nitrogens with zero attached hydrogens (tertiary/aromatic N) is 2. The highest BCUT2D eigenvalue weighted by Gasteiger charge is 2.44. The molecule has 2 N–H and O–H groups in total. The molecule has 3 unspecified atom stereocenters. The minimum absolute atomic E-state index is 0.226. The fraction of sp³-hybridized carbons (Fsp3) is 0.867. The van der Waals surface area contributed by atoms with Crippen LogP contribution in [-0.2, 0) is 4.79 Å². The number of likely N-dealkylation sites (N-methyl/N-ethyl adjacent to an activating group) is 1. The van der Waals surface area contributed by atoms with Gasteiger partial charge >= 0.3 is 12.0 Å². The van der Waals surface area contributed by atoms with Gasteiger partial charge in [0.15, 0.2) is 0 Å². The maximum Gasteiger partial charge on any atom is 0.329 e. The Morgan fingerprint density at radius 1 is 1.33 bits per heavy atom. The Kier molecular flexibility index (Phi) is 4.76. The highest BCUT2D eigenvalue weighted by molar-refractivity contribution is 5.86. The minimum Gasteiger partial charge on any atom is -0.480 e. The van der Waals surface area contributed by atoms with E-state index in [9.17, 15) is 14.7 Å². The molecule has 1 saturated carbocycles. The van der Waals surface area contributed by atoms with Gasteiger partial charge in [-0.1, -0.05) is 19.8 Å². The van der Waals surface area contributed by atoms with Crippen LogP contribution in [0.4, 0.5) is 4.79 Å². The van der Waals surface area contributed by atoms with Crippen LogP contribution in [-0.4, -0.2) is 65.7 Å². The van der Waals surface area contributed by atoms with Gasteiger partial charge in [-0.05, 0) is 39.3 Å². The van der Waals surface area contributed by atoms with Crippen LogP contribution in [0.15, 0.2) is 0 Å². The molecule has 1 aliphatic heterocycles. The number of aliphatic carboxylic acids is 1. The van der Waals surface area contributed by atoms with Gasteiger partial charge < -0.3 is 20.2 Å². The maximum atomic E-state index is 12.4. The number of urea groups is 1. The molecule has 2 rings (SSSR count). The SMILES string of the molecule is CC1CCCC(NC(=O)N2CCC(N(C)C)C2)(C(=O)O)C1. The summed E-state index contributed by atoms with van der Waals surface area (Å²) in [5.41, 5.74) is -1.08. The van der Waals surface area contributed by atoms with Crippen molar-refractivity contribution >= 4 is 12.0 Å². The van der Waals surface area contributed by atoms with Gasteiger partial charge in [0.2, 0.25) is 0 Å². The molecular formula is C15H27N3O3. The standard InChI is InChI=1S/C15H27N3O3/c1-11-5-4-7-15(9-11,13(19)20)16-14(21)18-8-6-12(10-18)17(2)3/h11-12H,4-10H2,1-3H3,(H,16,21)(H,19,20). The van der Waals surface area contributed by atoms with Gasteiger partial charge in [-0.2, -0.15) is 0 Å². The van der Waals surface area contributed by atoms with Crippen LogP contribution in [0.25, 0.3) is 0 Å². The smallest absolute Gasteiger partial charge is 0.329 e. The van der Waals surface area contributed by atoms with Crippen molar-refractivity contribution in [3.05, 3.63) is 0 Å². The van der Waals surface area contributed by atoms with Gasteiger partial charge in [0.1, 0.15) is 5.54 Å². The van der Waals surface area contributed by atoms with Gasteiger partial charge in [0, 0.05) is 19.1 Å². The lowest BCUT2D eigenvalue weighted by Gasteiger charge is -2.38. The van der Waals surface area contributed by atoms with Gasteiger partial charge in [-0.25, -0.2) is 9.59 Å². The van der Waals surface area contributed by atoms with Crippen LogP contribution in [0.3, 0.4) is 0 Å². The first kappa shape index (κ1) is 16.1. The van der Waals surface area contributed by atoms with Crippen molar-refractivity contribution in [1.82, 2.24) is 15.1 Å². The number of carbonyl (C=O) groups excluding carboxylic acids is 1. The summed E-state index contributed by atoms with van der Waals surface area (Å²) in [6.45, 7) is 3.42. The van der Waals surface area contributed by atoms with Gasteiger partial charge in [-0.15, -0.1) is 0 Å². The number of carboxylic acid groups (broad SMARTS) is 1. The molecule has 1 aliphatic carbocycles. The summed E-state index contributed by atoms with van der Waals surface area (Å²) in [5, 5.41) is 12.4. The second-order valence-electron chi connectivity index (χ2n) is 6.87. The van der Waals surface area contributed by atoms with E-state index in [-0.39, 0.29) is 6.03 Å². The summed E-state index contributed by atoms with van der Waals surface area (Å²) in [6.07, 6.45) is 3.89. The third-order valence-corrected chi connectivity index (χ3v) is 4.93. The van der Waals surface area contributed by atoms with Crippen molar-refractivity contribution in [3.8, 4) is 0 Å². The summed E-state index contributed by atoms with van der Waals surface area (Å²) >= 11 is 0. The summed E-state index contributed by atoms with van der Waals surface area (Å²) in [4.78, 5) is 28.0. The first-order chi connectivity index (χ1) is 9.84. The molecule has 0 bridgehead atoms. The van der Waals surface area contributed by atoms with Gasteiger partial charge in [-0.3, -0.25) is 0 Å². The van der Waals surface area contributed by atoms with Crippen molar-refractivity contribution in [1.29, 1.82) is 0 Å². The highest BCUT2D eigenvalue weighted by Crippen LogP contribution is 2.33. The molecule has 6 nitrogen and oxygen atoms in total. The molecule has 21 heavy (non-hydrogen) atoms. The zero-order valence-corrected chi connectivity index (χ0v) is 13.3. The van der Waals surface area contributed by atoms with E-state index >= 15 is 0 Å². The fourth-order valence-corrected chi connectivity index (χ4v) is 3.54.